The summed E-state index contributed by atoms with van der Waals surface area (Å²) in [7, 11) is 1.70. The van der Waals surface area contributed by atoms with Crippen LogP contribution < -0.4 is 10.2 Å². The first kappa shape index (κ1) is 30.8. The van der Waals surface area contributed by atoms with Crippen molar-refractivity contribution in [3.05, 3.63) is 50.7 Å². The van der Waals surface area contributed by atoms with E-state index in [2.05, 4.69) is 20.5 Å². The largest absolute Gasteiger partial charge is 0.380 e. The maximum atomic E-state index is 13.5. The minimum Gasteiger partial charge on any atom is -0.380 e. The number of thiocarbonyl (C=S) groups is 1. The Bertz CT molecular complexity index is 1320. The van der Waals surface area contributed by atoms with Crippen LogP contribution in [0.1, 0.15) is 65.7 Å². The Balaban J connectivity index is 1.06. The fourth-order valence-corrected chi connectivity index (χ4v) is 8.67. The van der Waals surface area contributed by atoms with Gasteiger partial charge >= 0.3 is 6.03 Å². The lowest BCUT2D eigenvalue weighted by Crippen LogP contribution is -2.53. The van der Waals surface area contributed by atoms with Gasteiger partial charge in [0.2, 0.25) is 0 Å². The molecule has 2 atom stereocenters. The molecule has 4 aliphatic rings. The van der Waals surface area contributed by atoms with E-state index >= 15 is 0 Å². The Hall–Kier alpha value is -2.24. The van der Waals surface area contributed by atoms with Crippen molar-refractivity contribution in [2.24, 2.45) is 0 Å². The number of fused-ring (bicyclic) bond motifs is 1. The van der Waals surface area contributed by atoms with Crippen LogP contribution in [0.15, 0.2) is 29.6 Å². The zero-order valence-corrected chi connectivity index (χ0v) is 27.3. The molecule has 6 rings (SSSR count). The molecule has 1 N–H and O–H groups in total. The molecular formula is C32H42ClN5O3S2. The number of carbonyl (C=O) groups excluding carboxylic acids is 2. The fourth-order valence-electron chi connectivity index (χ4n) is 7.10. The number of amides is 3. The van der Waals surface area contributed by atoms with E-state index in [9.17, 15) is 9.59 Å². The van der Waals surface area contributed by atoms with E-state index in [1.165, 1.54) is 30.8 Å². The Morgan fingerprint density at radius 3 is 2.58 bits per heavy atom. The summed E-state index contributed by atoms with van der Waals surface area (Å²) in [6.45, 7) is 5.79. The van der Waals surface area contributed by atoms with E-state index in [-0.39, 0.29) is 30.6 Å². The highest BCUT2D eigenvalue weighted by atomic mass is 35.5. The molecule has 11 heteroatoms. The third-order valence-electron chi connectivity index (χ3n) is 9.60. The second-order valence-electron chi connectivity index (χ2n) is 12.2. The molecule has 0 saturated carbocycles. The Labute approximate surface area is 269 Å². The van der Waals surface area contributed by atoms with E-state index in [4.69, 9.17) is 28.6 Å². The SMILES string of the molecule is CO[C@@H]1C[C@@H](C(=S)N2CCC(N3CCCC3)CC2)N(C(=O)NCc2ccc(C(=O)N3CCCCc4sccc43)cc2Cl)C1. The number of benzene rings is 1. The maximum absolute atomic E-state index is 13.5. The number of hydrogen-bond acceptors (Lipinski definition) is 6. The van der Waals surface area contributed by atoms with Gasteiger partial charge in [-0.3, -0.25) is 4.79 Å². The summed E-state index contributed by atoms with van der Waals surface area (Å²) in [4.78, 5) is 37.7. The Kier molecular flexibility index (Phi) is 9.89. The van der Waals surface area contributed by atoms with Gasteiger partial charge in [-0.2, -0.15) is 0 Å². The van der Waals surface area contributed by atoms with Gasteiger partial charge in [0.25, 0.3) is 5.91 Å². The lowest BCUT2D eigenvalue weighted by molar-refractivity contribution is 0.0987. The summed E-state index contributed by atoms with van der Waals surface area (Å²) in [5.41, 5.74) is 2.34. The van der Waals surface area contributed by atoms with E-state index < -0.39 is 0 Å². The van der Waals surface area contributed by atoms with Gasteiger partial charge in [-0.05, 0) is 87.2 Å². The number of thiophene rings is 1. The molecule has 1 aromatic carbocycles. The minimum atomic E-state index is -0.176. The number of carbonyl (C=O) groups is 2. The van der Waals surface area contributed by atoms with Gasteiger partial charge in [-0.1, -0.05) is 29.9 Å². The number of methoxy groups -OCH3 is 1. The molecule has 3 amide bonds. The summed E-state index contributed by atoms with van der Waals surface area (Å²) in [6, 6.07) is 7.72. The number of aryl methyl sites for hydroxylation is 1. The van der Waals surface area contributed by atoms with Crippen molar-refractivity contribution in [1.29, 1.82) is 0 Å². The van der Waals surface area contributed by atoms with Crippen LogP contribution in [0.3, 0.4) is 0 Å². The van der Waals surface area contributed by atoms with Crippen LogP contribution in [0.4, 0.5) is 10.5 Å². The number of ether oxygens (including phenoxy) is 1. The first-order valence-corrected chi connectivity index (χ1v) is 17.4. The van der Waals surface area contributed by atoms with Crippen molar-refractivity contribution in [1.82, 2.24) is 20.0 Å². The summed E-state index contributed by atoms with van der Waals surface area (Å²) in [6.07, 6.45) is 8.60. The number of rotatable bonds is 6. The number of piperidine rings is 1. The van der Waals surface area contributed by atoms with Crippen LogP contribution in [-0.2, 0) is 17.7 Å². The molecule has 0 unspecified atom stereocenters. The molecule has 2 aromatic rings. The smallest absolute Gasteiger partial charge is 0.318 e. The van der Waals surface area contributed by atoms with Crippen molar-refractivity contribution >= 4 is 57.8 Å². The number of halogens is 1. The van der Waals surface area contributed by atoms with Crippen LogP contribution in [0.5, 0.6) is 0 Å². The van der Waals surface area contributed by atoms with E-state index in [1.807, 2.05) is 28.0 Å². The summed E-state index contributed by atoms with van der Waals surface area (Å²) in [5, 5.41) is 5.58. The maximum Gasteiger partial charge on any atom is 0.318 e. The molecule has 1 aromatic heterocycles. The molecule has 232 valence electrons. The number of likely N-dealkylation sites (tertiary alicyclic amines) is 3. The Morgan fingerprint density at radius 2 is 1.84 bits per heavy atom. The monoisotopic (exact) mass is 643 g/mol. The number of hydrogen-bond donors (Lipinski definition) is 1. The van der Waals surface area contributed by atoms with E-state index in [1.54, 1.807) is 24.5 Å². The van der Waals surface area contributed by atoms with Crippen LogP contribution in [0, 0.1) is 0 Å². The first-order chi connectivity index (χ1) is 20.9. The van der Waals surface area contributed by atoms with Gasteiger partial charge in [0.15, 0.2) is 0 Å². The van der Waals surface area contributed by atoms with Crippen molar-refractivity contribution in [2.75, 3.05) is 51.3 Å². The number of anilines is 1. The first-order valence-electron chi connectivity index (χ1n) is 15.7. The molecule has 0 radical (unpaired) electrons. The van der Waals surface area contributed by atoms with Gasteiger partial charge in [0.1, 0.15) is 4.99 Å². The van der Waals surface area contributed by atoms with E-state index in [0.29, 0.717) is 36.1 Å². The van der Waals surface area contributed by atoms with Gasteiger partial charge in [-0.15, -0.1) is 11.3 Å². The molecule has 0 aliphatic carbocycles. The molecule has 4 aliphatic heterocycles. The zero-order valence-electron chi connectivity index (χ0n) is 24.9. The molecular weight excluding hydrogens is 602 g/mol. The highest BCUT2D eigenvalue weighted by Gasteiger charge is 2.40. The predicted molar refractivity (Wildman–Crippen MR) is 177 cm³/mol. The van der Waals surface area contributed by atoms with Crippen LogP contribution in [0.2, 0.25) is 5.02 Å². The van der Waals surface area contributed by atoms with Crippen molar-refractivity contribution < 1.29 is 14.3 Å². The average Bonchev–Trinajstić information content (AvgIpc) is 3.80. The quantitative estimate of drug-likeness (QED) is 0.415. The average molecular weight is 644 g/mol. The third kappa shape index (κ3) is 6.73. The highest BCUT2D eigenvalue weighted by molar-refractivity contribution is 7.80. The molecule has 0 spiro atoms. The van der Waals surface area contributed by atoms with Crippen molar-refractivity contribution in [2.45, 2.75) is 76.1 Å². The predicted octanol–water partition coefficient (Wildman–Crippen LogP) is 5.57. The van der Waals surface area contributed by atoms with Crippen molar-refractivity contribution in [3.63, 3.8) is 0 Å². The lowest BCUT2D eigenvalue weighted by atomic mass is 10.0. The molecule has 3 fully saturated rings. The van der Waals surface area contributed by atoms with Gasteiger partial charge in [0.05, 0.1) is 17.8 Å². The van der Waals surface area contributed by atoms with Gasteiger partial charge in [0, 0.05) is 67.8 Å². The van der Waals surface area contributed by atoms with Crippen LogP contribution >= 0.6 is 35.2 Å². The molecule has 0 bridgehead atoms. The second kappa shape index (κ2) is 13.8. The fraction of sp³-hybridized carbons (Fsp3) is 0.594. The summed E-state index contributed by atoms with van der Waals surface area (Å²) in [5.74, 6) is -0.0393. The highest BCUT2D eigenvalue weighted by Crippen LogP contribution is 2.33. The van der Waals surface area contributed by atoms with E-state index in [0.717, 1.165) is 61.4 Å². The topological polar surface area (TPSA) is 68.4 Å². The van der Waals surface area contributed by atoms with Gasteiger partial charge in [-0.25, -0.2) is 4.79 Å². The normalized spacial score (nSPS) is 23.3. The molecule has 8 nitrogen and oxygen atoms in total. The third-order valence-corrected chi connectivity index (χ3v) is 11.5. The summed E-state index contributed by atoms with van der Waals surface area (Å²) < 4.78 is 5.67. The number of nitrogens with one attached hydrogen (secondary N) is 1. The number of nitrogens with zero attached hydrogens (tertiary/aromatic N) is 4. The number of urea groups is 1. The molecule has 3 saturated heterocycles. The van der Waals surface area contributed by atoms with Gasteiger partial charge < -0.3 is 29.7 Å². The molecule has 43 heavy (non-hydrogen) atoms. The minimum absolute atomic E-state index is 0.0393. The van der Waals surface area contributed by atoms with Crippen molar-refractivity contribution in [3.8, 4) is 0 Å². The van der Waals surface area contributed by atoms with Crippen LogP contribution in [0.25, 0.3) is 0 Å². The standard InChI is InChI=1S/C32H42ClN5O3S2/c1-41-25-19-28(31(42)36-15-9-24(10-16-36)35-12-4-5-13-35)38(21-25)32(40)34-20-23-8-7-22(18-26(23)33)30(39)37-14-3-2-6-29-27(37)11-17-43-29/h7-8,11,17-18,24-25,28H,2-6,9-10,12-16,19-21H2,1H3,(H,34,40)/t25-,28+/m1/s1. The lowest BCUT2D eigenvalue weighted by Gasteiger charge is -2.40. The molecule has 5 heterocycles. The second-order valence-corrected chi connectivity index (χ2v) is 14.0. The Morgan fingerprint density at radius 1 is 1.07 bits per heavy atom. The summed E-state index contributed by atoms with van der Waals surface area (Å²) >= 11 is 14.4. The van der Waals surface area contributed by atoms with Crippen LogP contribution in [-0.4, -0.2) is 96.2 Å². The zero-order chi connectivity index (χ0) is 29.9.